The number of hydrogen-bond donors (Lipinski definition) is 0. The van der Waals surface area contributed by atoms with Gasteiger partial charge in [-0.25, -0.2) is 9.97 Å². The molecule has 8 aromatic carbocycles. The molecule has 4 nitrogen and oxygen atoms in total. The lowest BCUT2D eigenvalue weighted by Crippen LogP contribution is -2.44. The summed E-state index contributed by atoms with van der Waals surface area (Å²) in [6.45, 7) is 0. The molecule has 3 aliphatic carbocycles. The molecule has 3 aliphatic rings. The highest BCUT2D eigenvalue weighted by molar-refractivity contribution is 5.96. The van der Waals surface area contributed by atoms with E-state index >= 15 is 0 Å². The molecule has 4 heteroatoms. The van der Waals surface area contributed by atoms with Crippen LogP contribution in [0.5, 0.6) is 0 Å². The van der Waals surface area contributed by atoms with Crippen LogP contribution >= 0.6 is 0 Å². The van der Waals surface area contributed by atoms with Crippen LogP contribution in [0.3, 0.4) is 0 Å². The van der Waals surface area contributed by atoms with Crippen LogP contribution in [0, 0.1) is 0 Å². The SMILES string of the molecule is C.c1ccc(-c2nc3ccccn3c2-c2ccc3c(c2)C2(c4ccccc4-c4ccccc42)c2ccc(-c4c(-c5ccccc5)nc5ccccn45)cc2C32c3ccccc3-c3ccccc32)cc1. The molecule has 0 N–H and O–H groups in total. The van der Waals surface area contributed by atoms with Crippen molar-refractivity contribution in [1.29, 1.82) is 0 Å². The zero-order chi connectivity index (χ0) is 44.6. The summed E-state index contributed by atoms with van der Waals surface area (Å²) in [5, 5.41) is 0. The van der Waals surface area contributed by atoms with Crippen LogP contribution in [0.4, 0.5) is 0 Å². The molecule has 0 saturated carbocycles. The van der Waals surface area contributed by atoms with Gasteiger partial charge < -0.3 is 0 Å². The summed E-state index contributed by atoms with van der Waals surface area (Å²) in [7, 11) is 0. The fourth-order valence-corrected chi connectivity index (χ4v) is 12.7. The molecule has 0 atom stereocenters. The quantitative estimate of drug-likeness (QED) is 0.176. The highest BCUT2D eigenvalue weighted by Gasteiger charge is 2.59. The summed E-state index contributed by atoms with van der Waals surface area (Å²) >= 11 is 0. The number of aromatic nitrogens is 4. The number of fused-ring (bicyclic) bond motifs is 18. The first-order valence-corrected chi connectivity index (χ1v) is 23.5. The Morgan fingerprint density at radius 1 is 0.275 bits per heavy atom. The zero-order valence-corrected chi connectivity index (χ0v) is 36.9. The predicted octanol–water partition coefficient (Wildman–Crippen LogP) is 15.3. The fraction of sp³-hybridized carbons (Fsp3) is 0.0462. The second-order valence-electron chi connectivity index (χ2n) is 18.4. The van der Waals surface area contributed by atoms with Gasteiger partial charge in [0, 0.05) is 34.6 Å². The Morgan fingerprint density at radius 3 is 0.986 bits per heavy atom. The van der Waals surface area contributed by atoms with E-state index in [1.165, 1.54) is 66.8 Å². The molecule has 0 radical (unpaired) electrons. The van der Waals surface area contributed by atoms with Gasteiger partial charge in [-0.3, -0.25) is 8.80 Å². The molecule has 0 saturated heterocycles. The standard InChI is InChI=1S/C64H40N4.CH4/c1-3-19-41(20-4-1)59-61(67-37-17-15-31-57(67)65-59)43-33-35-53-55(39-43)63(49-27-11-7-23-45(49)46-24-8-12-28-50(46)63)54-36-34-44(62-60(42-21-5-2-6-22-42)66-58-32-16-18-38-68(58)62)40-56(54)64(53)51-29-13-9-25-47(51)48-26-10-14-30-52(48)64;/h1-40H;1H4. The van der Waals surface area contributed by atoms with Crippen molar-refractivity contribution in [3.8, 4) is 67.3 Å². The van der Waals surface area contributed by atoms with Crippen molar-refractivity contribution in [1.82, 2.24) is 18.8 Å². The van der Waals surface area contributed by atoms with Crippen LogP contribution in [0.15, 0.2) is 243 Å². The van der Waals surface area contributed by atoms with E-state index in [1.807, 2.05) is 0 Å². The summed E-state index contributed by atoms with van der Waals surface area (Å²) in [4.78, 5) is 10.7. The van der Waals surface area contributed by atoms with E-state index in [4.69, 9.17) is 9.97 Å². The van der Waals surface area contributed by atoms with Crippen molar-refractivity contribution in [3.05, 3.63) is 287 Å². The van der Waals surface area contributed by atoms with Crippen LogP contribution < -0.4 is 0 Å². The van der Waals surface area contributed by atoms with Gasteiger partial charge in [0.05, 0.1) is 33.6 Å². The third-order valence-corrected chi connectivity index (χ3v) is 15.3. The zero-order valence-electron chi connectivity index (χ0n) is 36.9. The minimum atomic E-state index is -0.681. The largest absolute Gasteiger partial charge is 0.299 e. The van der Waals surface area contributed by atoms with Gasteiger partial charge in [-0.05, 0) is 103 Å². The summed E-state index contributed by atoms with van der Waals surface area (Å²) in [6.07, 6.45) is 4.32. The number of benzene rings is 8. The van der Waals surface area contributed by atoms with Gasteiger partial charge in [-0.1, -0.05) is 202 Å². The average Bonchev–Trinajstić information content (AvgIpc) is 4.16. The van der Waals surface area contributed by atoms with Crippen molar-refractivity contribution in [2.75, 3.05) is 0 Å². The highest BCUT2D eigenvalue weighted by atomic mass is 15.0. The van der Waals surface area contributed by atoms with Crippen molar-refractivity contribution >= 4 is 11.3 Å². The second-order valence-corrected chi connectivity index (χ2v) is 18.4. The number of rotatable bonds is 4. The highest BCUT2D eigenvalue weighted by Crippen LogP contribution is 2.68. The van der Waals surface area contributed by atoms with Crippen molar-refractivity contribution in [3.63, 3.8) is 0 Å². The van der Waals surface area contributed by atoms with Crippen LogP contribution in [0.25, 0.3) is 78.6 Å². The number of imidazole rings is 2. The summed E-state index contributed by atoms with van der Waals surface area (Å²) in [6, 6.07) is 85.3. The molecule has 69 heavy (non-hydrogen) atoms. The maximum atomic E-state index is 5.34. The molecular formula is C65H44N4. The Labute approximate surface area is 401 Å². The second kappa shape index (κ2) is 14.6. The van der Waals surface area contributed by atoms with E-state index in [2.05, 4.69) is 252 Å². The predicted molar refractivity (Wildman–Crippen MR) is 281 cm³/mol. The molecule has 0 amide bonds. The Morgan fingerprint density at radius 2 is 0.609 bits per heavy atom. The first-order chi connectivity index (χ1) is 33.7. The smallest absolute Gasteiger partial charge is 0.137 e. The molecule has 12 aromatic rings. The normalized spacial score (nSPS) is 13.9. The Bertz CT molecular complexity index is 3690. The first-order valence-electron chi connectivity index (χ1n) is 23.5. The van der Waals surface area contributed by atoms with E-state index in [0.717, 1.165) is 56.3 Å². The summed E-state index contributed by atoms with van der Waals surface area (Å²) in [5.41, 5.74) is 24.4. The maximum absolute atomic E-state index is 5.34. The molecule has 324 valence electrons. The van der Waals surface area contributed by atoms with E-state index in [0.29, 0.717) is 0 Å². The Kier molecular flexibility index (Phi) is 8.30. The van der Waals surface area contributed by atoms with Gasteiger partial charge in [0.25, 0.3) is 0 Å². The minimum Gasteiger partial charge on any atom is -0.299 e. The van der Waals surface area contributed by atoms with Gasteiger partial charge >= 0.3 is 0 Å². The van der Waals surface area contributed by atoms with E-state index < -0.39 is 10.8 Å². The lowest BCUT2D eigenvalue weighted by atomic mass is 9.52. The number of pyridine rings is 2. The van der Waals surface area contributed by atoms with Crippen LogP contribution in [0.2, 0.25) is 0 Å². The lowest BCUT2D eigenvalue weighted by molar-refractivity contribution is 0.633. The molecule has 0 unspecified atom stereocenters. The molecule has 4 aromatic heterocycles. The van der Waals surface area contributed by atoms with Gasteiger partial charge in [-0.2, -0.15) is 0 Å². The molecular weight excluding hydrogens is 837 g/mol. The number of nitrogens with zero attached hydrogens (tertiary/aromatic N) is 4. The third-order valence-electron chi connectivity index (χ3n) is 15.3. The van der Waals surface area contributed by atoms with E-state index in [9.17, 15) is 0 Å². The molecule has 4 heterocycles. The molecule has 0 bridgehead atoms. The van der Waals surface area contributed by atoms with Gasteiger partial charge in [0.15, 0.2) is 0 Å². The van der Waals surface area contributed by atoms with Crippen molar-refractivity contribution in [2.45, 2.75) is 18.3 Å². The molecule has 2 spiro atoms. The van der Waals surface area contributed by atoms with Gasteiger partial charge in [0.1, 0.15) is 11.3 Å². The fourth-order valence-electron chi connectivity index (χ4n) is 12.7. The monoisotopic (exact) mass is 880 g/mol. The average molecular weight is 881 g/mol. The van der Waals surface area contributed by atoms with Crippen molar-refractivity contribution in [2.24, 2.45) is 0 Å². The van der Waals surface area contributed by atoms with Gasteiger partial charge in [0.2, 0.25) is 0 Å². The van der Waals surface area contributed by atoms with Crippen LogP contribution in [0.1, 0.15) is 51.9 Å². The Balaban J connectivity index is 0.00000448. The maximum Gasteiger partial charge on any atom is 0.137 e. The van der Waals surface area contributed by atoms with E-state index in [1.54, 1.807) is 0 Å². The molecule has 0 aliphatic heterocycles. The molecule has 0 fully saturated rings. The van der Waals surface area contributed by atoms with Gasteiger partial charge in [-0.15, -0.1) is 0 Å². The first kappa shape index (κ1) is 39.3. The van der Waals surface area contributed by atoms with Crippen molar-refractivity contribution < 1.29 is 0 Å². The summed E-state index contributed by atoms with van der Waals surface area (Å²) < 4.78 is 4.54. The molecule has 15 rings (SSSR count). The van der Waals surface area contributed by atoms with E-state index in [-0.39, 0.29) is 7.43 Å². The summed E-state index contributed by atoms with van der Waals surface area (Å²) in [5.74, 6) is 0. The lowest BCUT2D eigenvalue weighted by Gasteiger charge is -2.49. The minimum absolute atomic E-state index is 0. The Hall–Kier alpha value is -8.86. The van der Waals surface area contributed by atoms with Crippen LogP contribution in [-0.4, -0.2) is 18.8 Å². The topological polar surface area (TPSA) is 34.6 Å². The third kappa shape index (κ3) is 5.07. The number of hydrogen-bond acceptors (Lipinski definition) is 2. The van der Waals surface area contributed by atoms with Crippen LogP contribution in [-0.2, 0) is 10.8 Å².